The standard InChI is InChI=1S/C9H11ClN6O/c1-2-16(3-5(11)17)8-6-7(13-4-12-6)14-9(10)15-8/h4H,2-3H2,1H3,(H2,11,17)(H,12,13,14,15). The Balaban J connectivity index is 2.51. The Morgan fingerprint density at radius 3 is 3.00 bits per heavy atom. The van der Waals surface area contributed by atoms with Crippen molar-refractivity contribution < 1.29 is 4.79 Å². The first-order valence-corrected chi connectivity index (χ1v) is 5.39. The van der Waals surface area contributed by atoms with Crippen LogP contribution in [0, 0.1) is 0 Å². The molecule has 3 N–H and O–H groups in total. The molecule has 0 saturated carbocycles. The molecule has 2 aromatic heterocycles. The van der Waals surface area contributed by atoms with Crippen molar-refractivity contribution in [1.82, 2.24) is 19.9 Å². The normalized spacial score (nSPS) is 10.7. The third-order valence-corrected chi connectivity index (χ3v) is 2.44. The van der Waals surface area contributed by atoms with E-state index in [0.29, 0.717) is 23.5 Å². The summed E-state index contributed by atoms with van der Waals surface area (Å²) in [5, 5.41) is 0.0857. The number of anilines is 1. The fraction of sp³-hybridized carbons (Fsp3) is 0.333. The minimum atomic E-state index is -0.436. The molecule has 0 spiro atoms. The highest BCUT2D eigenvalue weighted by Gasteiger charge is 2.16. The average molecular weight is 255 g/mol. The van der Waals surface area contributed by atoms with Gasteiger partial charge in [0.1, 0.15) is 5.52 Å². The van der Waals surface area contributed by atoms with Gasteiger partial charge >= 0.3 is 0 Å². The third kappa shape index (κ3) is 2.28. The second kappa shape index (κ2) is 4.54. The van der Waals surface area contributed by atoms with E-state index in [1.165, 1.54) is 6.33 Å². The molecule has 0 atom stereocenters. The summed E-state index contributed by atoms with van der Waals surface area (Å²) in [5.74, 6) is 0.0908. The summed E-state index contributed by atoms with van der Waals surface area (Å²) in [6.45, 7) is 2.53. The number of carbonyl (C=O) groups excluding carboxylic acids is 1. The molecule has 0 unspecified atom stereocenters. The number of amides is 1. The molecule has 2 rings (SSSR count). The van der Waals surface area contributed by atoms with Gasteiger partial charge in [0.2, 0.25) is 11.2 Å². The number of likely N-dealkylation sites (N-methyl/N-ethyl adjacent to an activating group) is 1. The first-order valence-electron chi connectivity index (χ1n) is 5.01. The van der Waals surface area contributed by atoms with Gasteiger partial charge in [-0.25, -0.2) is 4.98 Å². The van der Waals surface area contributed by atoms with E-state index in [9.17, 15) is 4.79 Å². The SMILES string of the molecule is CCN(CC(N)=O)c1nc(Cl)nc2nc[nH]c12. The molecular formula is C9H11ClN6O. The summed E-state index contributed by atoms with van der Waals surface area (Å²) in [6.07, 6.45) is 1.50. The highest BCUT2D eigenvalue weighted by molar-refractivity contribution is 6.28. The molecule has 7 nitrogen and oxygen atoms in total. The summed E-state index contributed by atoms with van der Waals surface area (Å²) in [5.41, 5.74) is 6.28. The Hall–Kier alpha value is -1.89. The van der Waals surface area contributed by atoms with Crippen molar-refractivity contribution in [3.8, 4) is 0 Å². The van der Waals surface area contributed by atoms with E-state index in [4.69, 9.17) is 17.3 Å². The van der Waals surface area contributed by atoms with Gasteiger partial charge in [0.25, 0.3) is 0 Å². The molecule has 1 amide bonds. The number of halogens is 1. The molecule has 8 heteroatoms. The lowest BCUT2D eigenvalue weighted by molar-refractivity contribution is -0.116. The molecule has 2 aromatic rings. The molecular weight excluding hydrogens is 244 g/mol. The van der Waals surface area contributed by atoms with Crippen LogP contribution < -0.4 is 10.6 Å². The fourth-order valence-corrected chi connectivity index (χ4v) is 1.71. The number of aromatic amines is 1. The van der Waals surface area contributed by atoms with E-state index >= 15 is 0 Å². The van der Waals surface area contributed by atoms with E-state index in [-0.39, 0.29) is 11.8 Å². The van der Waals surface area contributed by atoms with Gasteiger partial charge < -0.3 is 15.6 Å². The summed E-state index contributed by atoms with van der Waals surface area (Å²) in [7, 11) is 0. The van der Waals surface area contributed by atoms with Crippen LogP contribution in [0.2, 0.25) is 5.28 Å². The minimum absolute atomic E-state index is 0.0674. The minimum Gasteiger partial charge on any atom is -0.368 e. The first-order chi connectivity index (χ1) is 8.11. The van der Waals surface area contributed by atoms with Crippen molar-refractivity contribution >= 4 is 34.5 Å². The van der Waals surface area contributed by atoms with Gasteiger partial charge in [0.05, 0.1) is 12.9 Å². The maximum Gasteiger partial charge on any atom is 0.236 e. The number of nitrogens with zero attached hydrogens (tertiary/aromatic N) is 4. The Kier molecular flexibility index (Phi) is 3.10. The summed E-state index contributed by atoms with van der Waals surface area (Å²) in [6, 6.07) is 0. The highest BCUT2D eigenvalue weighted by atomic mass is 35.5. The van der Waals surface area contributed by atoms with Crippen LogP contribution >= 0.6 is 11.6 Å². The molecule has 0 bridgehead atoms. The molecule has 0 aliphatic carbocycles. The van der Waals surface area contributed by atoms with Crippen molar-refractivity contribution in [2.75, 3.05) is 18.0 Å². The van der Waals surface area contributed by atoms with Crippen LogP contribution in [0.5, 0.6) is 0 Å². The second-order valence-electron chi connectivity index (χ2n) is 3.40. The van der Waals surface area contributed by atoms with E-state index in [0.717, 1.165) is 0 Å². The number of fused-ring (bicyclic) bond motifs is 1. The molecule has 2 heterocycles. The van der Waals surface area contributed by atoms with Crippen LogP contribution in [-0.2, 0) is 4.79 Å². The van der Waals surface area contributed by atoms with Gasteiger partial charge in [-0.2, -0.15) is 9.97 Å². The van der Waals surface area contributed by atoms with Crippen molar-refractivity contribution in [2.45, 2.75) is 6.92 Å². The lowest BCUT2D eigenvalue weighted by Gasteiger charge is -2.20. The van der Waals surface area contributed by atoms with Crippen LogP contribution in [0.25, 0.3) is 11.2 Å². The van der Waals surface area contributed by atoms with E-state index in [1.54, 1.807) is 4.90 Å². The van der Waals surface area contributed by atoms with Crippen molar-refractivity contribution in [1.29, 1.82) is 0 Å². The highest BCUT2D eigenvalue weighted by Crippen LogP contribution is 2.22. The maximum atomic E-state index is 11.0. The Morgan fingerprint density at radius 1 is 1.59 bits per heavy atom. The van der Waals surface area contributed by atoms with E-state index in [2.05, 4.69) is 19.9 Å². The van der Waals surface area contributed by atoms with Crippen LogP contribution in [-0.4, -0.2) is 38.9 Å². The number of imidazole rings is 1. The predicted octanol–water partition coefficient (Wildman–Crippen LogP) is 0.318. The lowest BCUT2D eigenvalue weighted by atomic mass is 10.4. The molecule has 0 aliphatic rings. The second-order valence-corrected chi connectivity index (χ2v) is 3.74. The van der Waals surface area contributed by atoms with Gasteiger partial charge in [0.15, 0.2) is 11.5 Å². The lowest BCUT2D eigenvalue weighted by Crippen LogP contribution is -2.34. The van der Waals surface area contributed by atoms with Gasteiger partial charge in [-0.1, -0.05) is 0 Å². The number of hydrogen-bond acceptors (Lipinski definition) is 5. The zero-order chi connectivity index (χ0) is 12.4. The van der Waals surface area contributed by atoms with Crippen LogP contribution in [0.15, 0.2) is 6.33 Å². The molecule has 0 radical (unpaired) electrons. The van der Waals surface area contributed by atoms with Gasteiger partial charge in [0, 0.05) is 6.54 Å². The number of hydrogen-bond donors (Lipinski definition) is 2. The zero-order valence-electron chi connectivity index (χ0n) is 9.14. The van der Waals surface area contributed by atoms with Crippen LogP contribution in [0.3, 0.4) is 0 Å². The Bertz CT molecular complexity index is 553. The smallest absolute Gasteiger partial charge is 0.236 e. The van der Waals surface area contributed by atoms with Gasteiger partial charge in [-0.15, -0.1) is 0 Å². The Morgan fingerprint density at radius 2 is 2.35 bits per heavy atom. The molecule has 90 valence electrons. The number of primary amides is 1. The van der Waals surface area contributed by atoms with Crippen molar-refractivity contribution in [3.05, 3.63) is 11.6 Å². The van der Waals surface area contributed by atoms with E-state index in [1.807, 2.05) is 6.92 Å². The molecule has 0 fully saturated rings. The maximum absolute atomic E-state index is 11.0. The molecule has 0 aliphatic heterocycles. The third-order valence-electron chi connectivity index (χ3n) is 2.27. The molecule has 17 heavy (non-hydrogen) atoms. The number of carbonyl (C=O) groups is 1. The van der Waals surface area contributed by atoms with Gasteiger partial charge in [-0.3, -0.25) is 4.79 Å². The van der Waals surface area contributed by atoms with Gasteiger partial charge in [-0.05, 0) is 18.5 Å². The first kappa shape index (κ1) is 11.6. The fourth-order valence-electron chi connectivity index (χ4n) is 1.55. The quantitative estimate of drug-likeness (QED) is 0.765. The number of nitrogens with two attached hydrogens (primary N) is 1. The zero-order valence-corrected chi connectivity index (χ0v) is 9.90. The van der Waals surface area contributed by atoms with E-state index < -0.39 is 5.91 Å². The van der Waals surface area contributed by atoms with Crippen LogP contribution in [0.4, 0.5) is 5.82 Å². The van der Waals surface area contributed by atoms with Crippen LogP contribution in [0.1, 0.15) is 6.92 Å². The molecule has 0 aromatic carbocycles. The van der Waals surface area contributed by atoms with Crippen molar-refractivity contribution in [2.24, 2.45) is 5.73 Å². The summed E-state index contributed by atoms with van der Waals surface area (Å²) >= 11 is 5.80. The number of nitrogens with one attached hydrogen (secondary N) is 1. The average Bonchev–Trinajstić information content (AvgIpc) is 2.72. The number of rotatable bonds is 4. The molecule has 0 saturated heterocycles. The summed E-state index contributed by atoms with van der Waals surface area (Å²) < 4.78 is 0. The van der Waals surface area contributed by atoms with Crippen molar-refractivity contribution in [3.63, 3.8) is 0 Å². The monoisotopic (exact) mass is 254 g/mol. The summed E-state index contributed by atoms with van der Waals surface area (Å²) in [4.78, 5) is 27.7. The largest absolute Gasteiger partial charge is 0.368 e. The predicted molar refractivity (Wildman–Crippen MR) is 63.8 cm³/mol. The number of aromatic nitrogens is 4. The topological polar surface area (TPSA) is 101 Å². The number of H-pyrrole nitrogens is 1. The Labute approximate surface area is 102 Å².